The third-order valence-corrected chi connectivity index (χ3v) is 2.77. The van der Waals surface area contributed by atoms with Gasteiger partial charge in [-0.15, -0.1) is 0 Å². The summed E-state index contributed by atoms with van der Waals surface area (Å²) < 4.78 is 1.29. The molecule has 0 aliphatic rings. The lowest BCUT2D eigenvalue weighted by Crippen LogP contribution is -2.03. The maximum atomic E-state index is 2.43. The van der Waals surface area contributed by atoms with E-state index in [1.165, 1.54) is 4.43 Å². The van der Waals surface area contributed by atoms with Crippen LogP contribution < -0.4 is 0 Å². The van der Waals surface area contributed by atoms with E-state index in [0.29, 0.717) is 0 Å². The van der Waals surface area contributed by atoms with Crippen molar-refractivity contribution < 1.29 is 0 Å². The highest BCUT2D eigenvalue weighted by molar-refractivity contribution is 14.1. The highest BCUT2D eigenvalue weighted by atomic mass is 127. The summed E-state index contributed by atoms with van der Waals surface area (Å²) >= 11 is 2.43. The molecule has 7 heavy (non-hydrogen) atoms. The largest absolute Gasteiger partial charge is 0.0861 e. The van der Waals surface area contributed by atoms with Gasteiger partial charge in [-0.25, -0.2) is 0 Å². The third-order valence-electron chi connectivity index (χ3n) is 1.38. The first-order valence-corrected chi connectivity index (χ1v) is 4.27. The molecule has 1 unspecified atom stereocenters. The topological polar surface area (TPSA) is 0 Å². The summed E-state index contributed by atoms with van der Waals surface area (Å²) in [6.45, 7) is 6.82. The monoisotopic (exact) mass is 212 g/mol. The number of rotatable bonds is 2. The molecule has 0 bridgehead atoms. The van der Waals surface area contributed by atoms with Crippen molar-refractivity contribution in [3.05, 3.63) is 0 Å². The Morgan fingerprint density at radius 3 is 1.71 bits per heavy atom. The molecule has 44 valence electrons. The van der Waals surface area contributed by atoms with Crippen LogP contribution in [-0.2, 0) is 0 Å². The van der Waals surface area contributed by atoms with Crippen molar-refractivity contribution >= 4 is 22.6 Å². The van der Waals surface area contributed by atoms with E-state index in [-0.39, 0.29) is 0 Å². The molecule has 0 nitrogen and oxygen atoms in total. The van der Waals surface area contributed by atoms with E-state index in [4.69, 9.17) is 0 Å². The van der Waals surface area contributed by atoms with Crippen LogP contribution in [0, 0.1) is 11.8 Å². The highest BCUT2D eigenvalue weighted by Crippen LogP contribution is 2.11. The SMILES string of the molecule is CC(C)C(C)CI. The summed E-state index contributed by atoms with van der Waals surface area (Å²) in [7, 11) is 0. The summed E-state index contributed by atoms with van der Waals surface area (Å²) in [4.78, 5) is 0. The number of hydrogen-bond donors (Lipinski definition) is 0. The Balaban J connectivity index is 3.14. The first-order valence-electron chi connectivity index (χ1n) is 2.74. The fourth-order valence-electron chi connectivity index (χ4n) is 0.178. The average molecular weight is 212 g/mol. The van der Waals surface area contributed by atoms with E-state index in [9.17, 15) is 0 Å². The van der Waals surface area contributed by atoms with Crippen molar-refractivity contribution in [3.8, 4) is 0 Å². The van der Waals surface area contributed by atoms with E-state index in [1.54, 1.807) is 0 Å². The second-order valence-electron chi connectivity index (χ2n) is 2.38. The first-order chi connectivity index (χ1) is 3.18. The van der Waals surface area contributed by atoms with Gasteiger partial charge in [0.05, 0.1) is 0 Å². The van der Waals surface area contributed by atoms with Gasteiger partial charge in [-0.3, -0.25) is 0 Å². The molecule has 0 aromatic carbocycles. The summed E-state index contributed by atoms with van der Waals surface area (Å²) in [5.74, 6) is 1.75. The zero-order valence-corrected chi connectivity index (χ0v) is 7.40. The molecule has 0 saturated heterocycles. The molecule has 0 aliphatic carbocycles. The molecule has 1 atom stereocenters. The molecule has 0 aromatic rings. The van der Waals surface area contributed by atoms with Crippen LogP contribution in [0.2, 0.25) is 0 Å². The summed E-state index contributed by atoms with van der Waals surface area (Å²) in [6, 6.07) is 0. The minimum Gasteiger partial charge on any atom is -0.0861 e. The quantitative estimate of drug-likeness (QED) is 0.487. The lowest BCUT2D eigenvalue weighted by Gasteiger charge is -2.09. The minimum absolute atomic E-state index is 0.858. The smallest absolute Gasteiger partial charge is 0.00235 e. The van der Waals surface area contributed by atoms with Gasteiger partial charge in [-0.05, 0) is 11.8 Å². The maximum absolute atomic E-state index is 2.43. The molecule has 0 N–H and O–H groups in total. The Hall–Kier alpha value is 0.730. The summed E-state index contributed by atoms with van der Waals surface area (Å²) in [5.41, 5.74) is 0. The fraction of sp³-hybridized carbons (Fsp3) is 1.00. The molecular weight excluding hydrogens is 199 g/mol. The summed E-state index contributed by atoms with van der Waals surface area (Å²) in [5, 5.41) is 0. The van der Waals surface area contributed by atoms with Crippen molar-refractivity contribution in [3.63, 3.8) is 0 Å². The number of hydrogen-bond acceptors (Lipinski definition) is 0. The van der Waals surface area contributed by atoms with Gasteiger partial charge in [0.2, 0.25) is 0 Å². The zero-order chi connectivity index (χ0) is 5.86. The second-order valence-corrected chi connectivity index (χ2v) is 3.26. The molecule has 0 radical (unpaired) electrons. The Morgan fingerprint density at radius 1 is 1.29 bits per heavy atom. The average Bonchev–Trinajstić information content (AvgIpc) is 1.65. The van der Waals surface area contributed by atoms with Gasteiger partial charge >= 0.3 is 0 Å². The second kappa shape index (κ2) is 3.70. The third kappa shape index (κ3) is 3.32. The standard InChI is InChI=1S/C6H13I/c1-5(2)6(3)4-7/h5-6H,4H2,1-3H3. The molecule has 0 spiro atoms. The number of alkyl halides is 1. The van der Waals surface area contributed by atoms with Gasteiger partial charge in [-0.2, -0.15) is 0 Å². The maximum Gasteiger partial charge on any atom is 0.00235 e. The van der Waals surface area contributed by atoms with Gasteiger partial charge in [0, 0.05) is 4.43 Å². The Morgan fingerprint density at radius 2 is 1.71 bits per heavy atom. The number of halogens is 1. The van der Waals surface area contributed by atoms with E-state index < -0.39 is 0 Å². The van der Waals surface area contributed by atoms with E-state index in [2.05, 4.69) is 43.4 Å². The van der Waals surface area contributed by atoms with Crippen LogP contribution in [0.3, 0.4) is 0 Å². The lowest BCUT2D eigenvalue weighted by molar-refractivity contribution is 0.470. The van der Waals surface area contributed by atoms with Crippen LogP contribution in [-0.4, -0.2) is 4.43 Å². The molecular formula is C6H13I. The highest BCUT2D eigenvalue weighted by Gasteiger charge is 2.02. The Kier molecular flexibility index (Phi) is 4.08. The van der Waals surface area contributed by atoms with E-state index in [0.717, 1.165) is 11.8 Å². The van der Waals surface area contributed by atoms with Crippen LogP contribution >= 0.6 is 22.6 Å². The van der Waals surface area contributed by atoms with Crippen LogP contribution in [0.15, 0.2) is 0 Å². The van der Waals surface area contributed by atoms with Gasteiger partial charge in [-0.1, -0.05) is 43.4 Å². The molecule has 0 rings (SSSR count). The van der Waals surface area contributed by atoms with Crippen molar-refractivity contribution in [2.45, 2.75) is 20.8 Å². The van der Waals surface area contributed by atoms with Crippen molar-refractivity contribution in [1.82, 2.24) is 0 Å². The van der Waals surface area contributed by atoms with Crippen molar-refractivity contribution in [1.29, 1.82) is 0 Å². The lowest BCUT2D eigenvalue weighted by atomic mass is 10.0. The minimum atomic E-state index is 0.858. The van der Waals surface area contributed by atoms with Gasteiger partial charge < -0.3 is 0 Å². The van der Waals surface area contributed by atoms with E-state index in [1.807, 2.05) is 0 Å². The fourth-order valence-corrected chi connectivity index (χ4v) is 1.20. The Labute approximate surface area is 59.8 Å². The van der Waals surface area contributed by atoms with Crippen molar-refractivity contribution in [2.75, 3.05) is 4.43 Å². The molecule has 0 heterocycles. The molecule has 0 fully saturated rings. The van der Waals surface area contributed by atoms with Crippen LogP contribution in [0.5, 0.6) is 0 Å². The van der Waals surface area contributed by atoms with Crippen LogP contribution in [0.1, 0.15) is 20.8 Å². The first kappa shape index (κ1) is 7.73. The molecule has 0 saturated carbocycles. The van der Waals surface area contributed by atoms with E-state index >= 15 is 0 Å². The molecule has 0 aliphatic heterocycles. The predicted octanol–water partition coefficient (Wildman–Crippen LogP) is 2.71. The normalized spacial score (nSPS) is 15.0. The Bertz CT molecular complexity index is 41.4. The molecule has 0 aromatic heterocycles. The summed E-state index contributed by atoms with van der Waals surface area (Å²) in [6.07, 6.45) is 0. The predicted molar refractivity (Wildman–Crippen MR) is 42.9 cm³/mol. The van der Waals surface area contributed by atoms with Gasteiger partial charge in [0.1, 0.15) is 0 Å². The van der Waals surface area contributed by atoms with Gasteiger partial charge in [0.25, 0.3) is 0 Å². The van der Waals surface area contributed by atoms with Crippen LogP contribution in [0.25, 0.3) is 0 Å². The zero-order valence-electron chi connectivity index (χ0n) is 5.24. The van der Waals surface area contributed by atoms with Crippen molar-refractivity contribution in [2.24, 2.45) is 11.8 Å². The molecule has 1 heteroatoms. The molecule has 0 amide bonds. The van der Waals surface area contributed by atoms with Crippen LogP contribution in [0.4, 0.5) is 0 Å². The van der Waals surface area contributed by atoms with Gasteiger partial charge in [0.15, 0.2) is 0 Å².